The van der Waals surface area contributed by atoms with Crippen molar-refractivity contribution in [3.05, 3.63) is 54.1 Å². The number of rotatable bonds is 5. The van der Waals surface area contributed by atoms with E-state index in [2.05, 4.69) is 66.0 Å². The molecular weight excluding hydrogens is 520 g/mol. The van der Waals surface area contributed by atoms with Crippen molar-refractivity contribution < 1.29 is 4.74 Å². The van der Waals surface area contributed by atoms with Crippen LogP contribution in [0, 0.1) is 23.7 Å². The summed E-state index contributed by atoms with van der Waals surface area (Å²) in [5, 5.41) is 0. The van der Waals surface area contributed by atoms with E-state index in [1.54, 1.807) is 0 Å². The summed E-state index contributed by atoms with van der Waals surface area (Å²) < 4.78 is 6.25. The van der Waals surface area contributed by atoms with Gasteiger partial charge < -0.3 is 14.6 Å². The standard InChI is InChI=1S/C35H44N6O/c1-4-24-5-7-25(8-6-24)19-37-32-22(2)13-14-36-35(23(32)3)41-15-16-42-31-12-11-27(17-29(31)21-41)28-18-30-34(38-20-28)40-33(39-30)26-9-10-26/h11-14,17-18,20,22-26H,4-10,15-16,19,21H2,1-3H3,(H,38,39,40). The number of hydrogen-bond donors (Lipinski definition) is 1. The van der Waals surface area contributed by atoms with E-state index in [9.17, 15) is 0 Å². The Hall–Kier alpha value is -3.48. The zero-order valence-electron chi connectivity index (χ0n) is 25.4. The van der Waals surface area contributed by atoms with Gasteiger partial charge in [0.25, 0.3) is 0 Å². The van der Waals surface area contributed by atoms with Crippen molar-refractivity contribution in [2.75, 3.05) is 19.7 Å². The summed E-state index contributed by atoms with van der Waals surface area (Å²) in [5.74, 6) is 5.81. The molecule has 3 aromatic rings. The number of aromatic amines is 1. The number of fused-ring (bicyclic) bond motifs is 2. The maximum absolute atomic E-state index is 6.25. The van der Waals surface area contributed by atoms with Gasteiger partial charge in [0.1, 0.15) is 24.0 Å². The van der Waals surface area contributed by atoms with Gasteiger partial charge in [-0.05, 0) is 61.3 Å². The predicted molar refractivity (Wildman–Crippen MR) is 170 cm³/mol. The molecule has 2 fully saturated rings. The molecule has 4 heterocycles. The highest BCUT2D eigenvalue weighted by molar-refractivity contribution is 6.08. The van der Waals surface area contributed by atoms with Gasteiger partial charge in [0, 0.05) is 54.2 Å². The first-order valence-electron chi connectivity index (χ1n) is 16.2. The van der Waals surface area contributed by atoms with Crippen LogP contribution in [0.4, 0.5) is 0 Å². The molecule has 1 N–H and O–H groups in total. The minimum atomic E-state index is 0.166. The van der Waals surface area contributed by atoms with Crippen LogP contribution in [0.15, 0.2) is 52.7 Å². The SMILES string of the molecule is CCC1CCC(CN=C2C(C)C=CN=C(N3CCOc4ccc(-c5cnc6nc(C7CC7)[nH]c6c5)cc4C3)C2C)CC1. The molecule has 2 aliphatic heterocycles. The second kappa shape index (κ2) is 11.7. The van der Waals surface area contributed by atoms with E-state index in [4.69, 9.17) is 19.7 Å². The number of aliphatic imine (C=N–C) groups is 2. The topological polar surface area (TPSA) is 78.8 Å². The van der Waals surface area contributed by atoms with E-state index in [1.807, 2.05) is 12.4 Å². The number of nitrogens with zero attached hydrogens (tertiary/aromatic N) is 5. The third kappa shape index (κ3) is 5.62. The zero-order chi connectivity index (χ0) is 28.6. The number of H-pyrrole nitrogens is 1. The summed E-state index contributed by atoms with van der Waals surface area (Å²) in [7, 11) is 0. The number of hydrogen-bond acceptors (Lipinski definition) is 6. The molecule has 2 saturated carbocycles. The predicted octanol–water partition coefficient (Wildman–Crippen LogP) is 7.55. The Bertz CT molecular complexity index is 1520. The van der Waals surface area contributed by atoms with Gasteiger partial charge in [0.2, 0.25) is 0 Å². The number of imidazole rings is 1. The van der Waals surface area contributed by atoms with Crippen LogP contribution in [0.1, 0.15) is 83.0 Å². The Morgan fingerprint density at radius 2 is 1.86 bits per heavy atom. The van der Waals surface area contributed by atoms with Gasteiger partial charge in [-0.25, -0.2) is 15.0 Å². The maximum atomic E-state index is 6.25. The lowest BCUT2D eigenvalue weighted by atomic mass is 9.81. The third-order valence-corrected chi connectivity index (χ3v) is 9.97. The molecule has 2 atom stereocenters. The largest absolute Gasteiger partial charge is 0.491 e. The minimum Gasteiger partial charge on any atom is -0.491 e. The number of ether oxygens (including phenoxy) is 1. The summed E-state index contributed by atoms with van der Waals surface area (Å²) in [6, 6.07) is 8.70. The normalized spacial score (nSPS) is 27.4. The van der Waals surface area contributed by atoms with E-state index in [1.165, 1.54) is 56.2 Å². The van der Waals surface area contributed by atoms with Crippen molar-refractivity contribution >= 4 is 22.7 Å². The Labute approximate surface area is 249 Å². The fourth-order valence-electron chi connectivity index (χ4n) is 7.07. The summed E-state index contributed by atoms with van der Waals surface area (Å²) in [5.41, 5.74) is 6.49. The minimum absolute atomic E-state index is 0.166. The lowest BCUT2D eigenvalue weighted by Gasteiger charge is -2.30. The van der Waals surface area contributed by atoms with Gasteiger partial charge in [-0.2, -0.15) is 0 Å². The monoisotopic (exact) mass is 564 g/mol. The van der Waals surface area contributed by atoms with Gasteiger partial charge in [-0.15, -0.1) is 0 Å². The van der Waals surface area contributed by atoms with E-state index in [0.717, 1.165) is 71.2 Å². The molecule has 42 heavy (non-hydrogen) atoms. The van der Waals surface area contributed by atoms with Crippen LogP contribution in [-0.4, -0.2) is 51.1 Å². The molecule has 7 nitrogen and oxygen atoms in total. The number of allylic oxidation sites excluding steroid dienone is 1. The molecule has 0 saturated heterocycles. The number of aromatic nitrogens is 3. The summed E-state index contributed by atoms with van der Waals surface area (Å²) in [6.45, 7) is 10.0. The molecule has 2 aliphatic carbocycles. The van der Waals surface area contributed by atoms with Crippen molar-refractivity contribution in [1.82, 2.24) is 19.9 Å². The second-order valence-electron chi connectivity index (χ2n) is 13.0. The van der Waals surface area contributed by atoms with Gasteiger partial charge >= 0.3 is 0 Å². The molecule has 1 aromatic carbocycles. The average molecular weight is 565 g/mol. The van der Waals surface area contributed by atoms with E-state index < -0.39 is 0 Å². The number of pyridine rings is 1. The maximum Gasteiger partial charge on any atom is 0.177 e. The molecule has 2 aromatic heterocycles. The molecule has 0 radical (unpaired) electrons. The van der Waals surface area contributed by atoms with Crippen molar-refractivity contribution in [2.24, 2.45) is 33.7 Å². The molecule has 7 rings (SSSR count). The van der Waals surface area contributed by atoms with E-state index in [-0.39, 0.29) is 5.92 Å². The van der Waals surface area contributed by atoms with Crippen LogP contribution in [0.3, 0.4) is 0 Å². The highest BCUT2D eigenvalue weighted by Crippen LogP contribution is 2.39. The van der Waals surface area contributed by atoms with Gasteiger partial charge in [-0.1, -0.05) is 52.2 Å². The van der Waals surface area contributed by atoms with Gasteiger partial charge in [0.15, 0.2) is 5.65 Å². The third-order valence-electron chi connectivity index (χ3n) is 9.97. The average Bonchev–Trinajstić information content (AvgIpc) is 3.82. The van der Waals surface area contributed by atoms with E-state index >= 15 is 0 Å². The van der Waals surface area contributed by atoms with Crippen LogP contribution < -0.4 is 4.74 Å². The number of nitrogens with one attached hydrogen (secondary N) is 1. The van der Waals surface area contributed by atoms with Crippen LogP contribution in [0.5, 0.6) is 5.75 Å². The van der Waals surface area contributed by atoms with Crippen molar-refractivity contribution in [2.45, 2.75) is 78.2 Å². The first-order chi connectivity index (χ1) is 20.6. The van der Waals surface area contributed by atoms with Crippen LogP contribution in [0.25, 0.3) is 22.3 Å². The van der Waals surface area contributed by atoms with Gasteiger partial charge in [0.05, 0.1) is 18.0 Å². The summed E-state index contributed by atoms with van der Waals surface area (Å²) >= 11 is 0. The fourth-order valence-corrected chi connectivity index (χ4v) is 7.07. The fraction of sp³-hybridized carbons (Fsp3) is 0.543. The Morgan fingerprint density at radius 3 is 2.67 bits per heavy atom. The molecule has 2 unspecified atom stereocenters. The molecule has 4 aliphatic rings. The quantitative estimate of drug-likeness (QED) is 0.347. The Kier molecular flexibility index (Phi) is 7.59. The first kappa shape index (κ1) is 27.4. The number of amidine groups is 1. The molecule has 0 bridgehead atoms. The molecule has 0 amide bonds. The molecule has 7 heteroatoms. The van der Waals surface area contributed by atoms with E-state index in [0.29, 0.717) is 18.4 Å². The first-order valence-corrected chi connectivity index (χ1v) is 16.2. The Balaban J connectivity index is 1.10. The lowest BCUT2D eigenvalue weighted by Crippen LogP contribution is -2.40. The lowest BCUT2D eigenvalue weighted by molar-refractivity contribution is 0.274. The smallest absolute Gasteiger partial charge is 0.177 e. The van der Waals surface area contributed by atoms with Crippen LogP contribution in [-0.2, 0) is 6.54 Å². The highest BCUT2D eigenvalue weighted by Gasteiger charge is 2.30. The second-order valence-corrected chi connectivity index (χ2v) is 13.0. The van der Waals surface area contributed by atoms with Crippen LogP contribution in [0.2, 0.25) is 0 Å². The highest BCUT2D eigenvalue weighted by atomic mass is 16.5. The van der Waals surface area contributed by atoms with Gasteiger partial charge in [-0.3, -0.25) is 4.99 Å². The molecule has 0 spiro atoms. The van der Waals surface area contributed by atoms with Crippen molar-refractivity contribution in [3.63, 3.8) is 0 Å². The van der Waals surface area contributed by atoms with Crippen molar-refractivity contribution in [3.8, 4) is 16.9 Å². The number of benzene rings is 1. The molecular formula is C35H44N6O. The Morgan fingerprint density at radius 1 is 1.02 bits per heavy atom. The van der Waals surface area contributed by atoms with Crippen molar-refractivity contribution in [1.29, 1.82) is 0 Å². The summed E-state index contributed by atoms with van der Waals surface area (Å²) in [6.07, 6.45) is 15.3. The zero-order valence-corrected chi connectivity index (χ0v) is 25.4. The molecule has 220 valence electrons. The summed E-state index contributed by atoms with van der Waals surface area (Å²) in [4.78, 5) is 25.6. The van der Waals surface area contributed by atoms with Crippen LogP contribution >= 0.6 is 0 Å².